The number of hydrogen-bond acceptors (Lipinski definition) is 10. The van der Waals surface area contributed by atoms with Crippen LogP contribution in [0.5, 0.6) is 5.75 Å². The van der Waals surface area contributed by atoms with E-state index in [0.29, 0.717) is 15.7 Å². The zero-order valence-electron chi connectivity index (χ0n) is 32.0. The van der Waals surface area contributed by atoms with Gasteiger partial charge in [-0.3, -0.25) is 9.18 Å². The molecule has 14 heteroatoms. The zero-order chi connectivity index (χ0) is 39.9. The van der Waals surface area contributed by atoms with Crippen molar-refractivity contribution in [3.63, 3.8) is 0 Å². The van der Waals surface area contributed by atoms with Gasteiger partial charge in [0.15, 0.2) is 12.7 Å². The lowest BCUT2D eigenvalue weighted by Crippen LogP contribution is -2.72. The van der Waals surface area contributed by atoms with Crippen molar-refractivity contribution in [2.24, 2.45) is 11.8 Å². The third-order valence-corrected chi connectivity index (χ3v) is 17.0. The van der Waals surface area contributed by atoms with Gasteiger partial charge in [-0.1, -0.05) is 126 Å². The van der Waals surface area contributed by atoms with Gasteiger partial charge >= 0.3 is 5.97 Å². The first-order valence-corrected chi connectivity index (χ1v) is 25.4. The summed E-state index contributed by atoms with van der Waals surface area (Å²) in [6.45, 7) is 3.57. The Labute approximate surface area is 337 Å². The number of ether oxygens (including phenoxy) is 2. The number of halogens is 1. The van der Waals surface area contributed by atoms with E-state index in [2.05, 4.69) is 10.2 Å². The topological polar surface area (TPSA) is 111 Å². The van der Waals surface area contributed by atoms with Gasteiger partial charge in [0.25, 0.3) is 0 Å². The molecule has 4 aromatic carbocycles. The Kier molecular flexibility index (Phi) is 13.7. The third kappa shape index (κ3) is 8.88. The van der Waals surface area contributed by atoms with Crippen molar-refractivity contribution in [3.05, 3.63) is 126 Å². The highest BCUT2D eigenvalue weighted by molar-refractivity contribution is 8.01. The maximum absolute atomic E-state index is 15.8. The SMILES string of the molecule is COc1ccc(COC(=O)C(N2C(=O)[C@H]([C@@H](C)O[Si](C)(C)C)[C@H]2[C@@H](CF)[C@@H](O)CSc2nncs2)=P(c2ccccc2)(c2ccccc2)c2ccccc2)cc1. The highest BCUT2D eigenvalue weighted by Crippen LogP contribution is 2.51. The fourth-order valence-electron chi connectivity index (χ4n) is 7.37. The van der Waals surface area contributed by atoms with Crippen LogP contribution in [0.3, 0.4) is 0 Å². The number of aliphatic hydroxyl groups is 1. The van der Waals surface area contributed by atoms with Crippen molar-refractivity contribution in [1.82, 2.24) is 15.1 Å². The summed E-state index contributed by atoms with van der Waals surface area (Å²) < 4.78 is 34.5. The fourth-order valence-corrected chi connectivity index (χ4v) is 14.6. The quantitative estimate of drug-likeness (QED) is 0.0369. The summed E-state index contributed by atoms with van der Waals surface area (Å²) in [5.74, 6) is -2.27. The van der Waals surface area contributed by atoms with Crippen LogP contribution in [0.25, 0.3) is 0 Å². The molecule has 5 aromatic rings. The van der Waals surface area contributed by atoms with E-state index >= 15 is 14.0 Å². The number of methoxy groups -OCH3 is 1. The Morgan fingerprint density at radius 3 is 1.95 bits per heavy atom. The average Bonchev–Trinajstić information content (AvgIpc) is 3.73. The predicted octanol–water partition coefficient (Wildman–Crippen LogP) is 6.52. The molecule has 6 rings (SSSR count). The van der Waals surface area contributed by atoms with Gasteiger partial charge in [-0.2, -0.15) is 0 Å². The van der Waals surface area contributed by atoms with Crippen LogP contribution in [0.4, 0.5) is 4.39 Å². The number of alkyl halides is 1. The van der Waals surface area contributed by atoms with Gasteiger partial charge in [-0.15, -0.1) is 10.2 Å². The second-order valence-corrected chi connectivity index (χ2v) is 24.4. The maximum Gasteiger partial charge on any atom is 0.356 e. The average molecular weight is 832 g/mol. The van der Waals surface area contributed by atoms with E-state index in [1.165, 1.54) is 28.0 Å². The van der Waals surface area contributed by atoms with Gasteiger partial charge in [0, 0.05) is 18.6 Å². The normalized spacial score (nSPS) is 17.4. The third-order valence-electron chi connectivity index (χ3n) is 9.75. The molecule has 1 fully saturated rings. The molecule has 1 aromatic heterocycles. The molecule has 1 N–H and O–H groups in total. The summed E-state index contributed by atoms with van der Waals surface area (Å²) >= 11 is 2.60. The number of likely N-dealkylation sites (tertiary alicyclic amines) is 1. The predicted molar refractivity (Wildman–Crippen MR) is 227 cm³/mol. The second-order valence-electron chi connectivity index (χ2n) is 14.5. The number of esters is 1. The number of rotatable bonds is 17. The van der Waals surface area contributed by atoms with Gasteiger partial charge < -0.3 is 23.9 Å². The van der Waals surface area contributed by atoms with Gasteiger partial charge in [-0.25, -0.2) is 4.79 Å². The molecule has 0 saturated carbocycles. The van der Waals surface area contributed by atoms with Crippen LogP contribution in [-0.2, 0) is 25.4 Å². The van der Waals surface area contributed by atoms with Crippen molar-refractivity contribution >= 4 is 71.5 Å². The lowest BCUT2D eigenvalue weighted by atomic mass is 9.74. The molecule has 5 atom stereocenters. The van der Waals surface area contributed by atoms with Gasteiger partial charge in [-0.05, 0) is 60.2 Å². The Balaban J connectivity index is 1.62. The summed E-state index contributed by atoms with van der Waals surface area (Å²) in [6.07, 6.45) is -1.84. The number of thioether (sulfide) groups is 1. The Morgan fingerprint density at radius 1 is 0.929 bits per heavy atom. The number of carbonyl (C=O) groups excluding carboxylic acids is 2. The van der Waals surface area contributed by atoms with Crippen molar-refractivity contribution < 1.29 is 33.0 Å². The molecule has 0 aliphatic carbocycles. The van der Waals surface area contributed by atoms with E-state index in [-0.39, 0.29) is 23.7 Å². The molecule has 1 aliphatic rings. The highest BCUT2D eigenvalue weighted by Gasteiger charge is 2.59. The number of carbonyl (C=O) groups is 2. The summed E-state index contributed by atoms with van der Waals surface area (Å²) in [6, 6.07) is 35.3. The van der Waals surface area contributed by atoms with Crippen LogP contribution in [-0.4, -0.2) is 83.6 Å². The van der Waals surface area contributed by atoms with E-state index in [4.69, 9.17) is 13.9 Å². The van der Waals surface area contributed by atoms with Crippen molar-refractivity contribution in [1.29, 1.82) is 0 Å². The molecular weight excluding hydrogens is 785 g/mol. The summed E-state index contributed by atoms with van der Waals surface area (Å²) in [7, 11) is -0.637. The number of β-lactam (4-membered cyclic amide) rings is 1. The van der Waals surface area contributed by atoms with Gasteiger partial charge in [0.2, 0.25) is 5.91 Å². The van der Waals surface area contributed by atoms with Crippen molar-refractivity contribution in [2.45, 2.75) is 55.8 Å². The van der Waals surface area contributed by atoms with Crippen LogP contribution in [0.1, 0.15) is 12.5 Å². The van der Waals surface area contributed by atoms with Crippen LogP contribution in [0.15, 0.2) is 125 Å². The maximum atomic E-state index is 15.8. The van der Waals surface area contributed by atoms with Crippen molar-refractivity contribution in [3.8, 4) is 5.75 Å². The molecule has 0 radical (unpaired) electrons. The van der Waals surface area contributed by atoms with Crippen LogP contribution < -0.4 is 20.7 Å². The Bertz CT molecular complexity index is 2010. The summed E-state index contributed by atoms with van der Waals surface area (Å²) in [5.41, 5.74) is 2.43. The first kappa shape index (κ1) is 41.5. The molecular formula is C42H47FN3O6PS2Si. The lowest BCUT2D eigenvalue weighted by Gasteiger charge is -2.55. The number of hydrogen-bond donors (Lipinski definition) is 1. The molecule has 1 aliphatic heterocycles. The van der Waals surface area contributed by atoms with Crippen LogP contribution in [0.2, 0.25) is 19.6 Å². The minimum absolute atomic E-state index is 0.0936. The van der Waals surface area contributed by atoms with Gasteiger partial charge in [0.1, 0.15) is 23.3 Å². The van der Waals surface area contributed by atoms with E-state index < -0.39 is 57.9 Å². The summed E-state index contributed by atoms with van der Waals surface area (Å²) in [5, 5.41) is 22.2. The Morgan fingerprint density at radius 2 is 1.48 bits per heavy atom. The minimum Gasteiger partial charge on any atom is -0.497 e. The standard InChI is InChI=1S/C42H47FN3O6PS2Si/c1-29(52-56(3,4)5)37-38(35(25-43)36(47)27-54-42-45-44-28-55-42)46(39(37)48)40(41(49)51-26-30-21-23-31(50-2)24-22-30)53(32-15-9-6-10-16-32,33-17-11-7-12-18-33)34-19-13-8-14-20-34/h6-24,28-29,35-38,47H,25-27H2,1-5H3/t29-,35+,36+,37-,38-/m1/s1. The molecule has 0 bridgehead atoms. The lowest BCUT2D eigenvalue weighted by molar-refractivity contribution is -0.163. The first-order valence-electron chi connectivity index (χ1n) is 18.4. The van der Waals surface area contributed by atoms with E-state index in [0.717, 1.165) is 15.9 Å². The number of benzene rings is 4. The number of amides is 1. The molecule has 0 spiro atoms. The van der Waals surface area contributed by atoms with Crippen LogP contribution >= 0.6 is 30.0 Å². The van der Waals surface area contributed by atoms with E-state index in [9.17, 15) is 5.11 Å². The first-order chi connectivity index (χ1) is 27.0. The summed E-state index contributed by atoms with van der Waals surface area (Å²) in [4.78, 5) is 31.9. The molecule has 56 heavy (non-hydrogen) atoms. The smallest absolute Gasteiger partial charge is 0.356 e. The zero-order valence-corrected chi connectivity index (χ0v) is 35.6. The number of nitrogens with zero attached hydrogens (tertiary/aromatic N) is 3. The minimum atomic E-state index is -3.31. The second kappa shape index (κ2) is 18.4. The molecule has 1 saturated heterocycles. The monoisotopic (exact) mass is 831 g/mol. The molecule has 1 amide bonds. The molecule has 294 valence electrons. The van der Waals surface area contributed by atoms with Gasteiger partial charge in [0.05, 0.1) is 38.0 Å². The van der Waals surface area contributed by atoms with E-state index in [1.807, 2.05) is 130 Å². The molecule has 2 heterocycles. The Hall–Kier alpha value is -4.10. The largest absolute Gasteiger partial charge is 0.497 e. The highest BCUT2D eigenvalue weighted by atomic mass is 32.2. The molecule has 9 nitrogen and oxygen atoms in total. The fraction of sp³-hybridized carbons (Fsp3) is 0.310. The number of aromatic nitrogens is 2. The molecule has 0 unspecified atom stereocenters. The van der Waals surface area contributed by atoms with Crippen LogP contribution in [0, 0.1) is 11.8 Å². The number of aliphatic hydroxyl groups excluding tert-OH is 1. The van der Waals surface area contributed by atoms with E-state index in [1.54, 1.807) is 24.8 Å². The van der Waals surface area contributed by atoms with Crippen molar-refractivity contribution in [2.75, 3.05) is 19.5 Å².